The molecule has 0 aliphatic carbocycles. The zero-order valence-electron chi connectivity index (χ0n) is 31.9. The molecule has 292 valence electrons. The van der Waals surface area contributed by atoms with Gasteiger partial charge in [-0.15, -0.1) is 0 Å². The monoisotopic (exact) mass is 778 g/mol. The molecule has 0 atom stereocenters. The lowest BCUT2D eigenvalue weighted by Gasteiger charge is -2.25. The van der Waals surface area contributed by atoms with Crippen LogP contribution in [0.15, 0.2) is 148 Å². The molecule has 5 aromatic carbocycles. The number of nitrogens with zero attached hydrogens (tertiary/aromatic N) is 4. The average Bonchev–Trinajstić information content (AvgIpc) is 3.70. The minimum Gasteiger partial charge on any atom is -0.497 e. The SMILES string of the molecule is COc1cc(C)ccc1/C=c1/oc2n(c1=O)CC(=O)ON=2.COc1ccc(CCN2C(=O)O/C(=C/c3ccc(N(c4ccccc4)c4ccccc4)cc3)C2=O)cc1. The predicted octanol–water partition coefficient (Wildman–Crippen LogP) is 6.41. The Labute approximate surface area is 332 Å². The molecule has 1 fully saturated rings. The number of oxazole rings is 1. The van der Waals surface area contributed by atoms with E-state index in [4.69, 9.17) is 18.6 Å². The third-order valence-corrected chi connectivity index (χ3v) is 9.21. The second-order valence-corrected chi connectivity index (χ2v) is 13.1. The Morgan fingerprint density at radius 2 is 1.41 bits per heavy atom. The van der Waals surface area contributed by atoms with Crippen LogP contribution in [0.2, 0.25) is 0 Å². The molecule has 0 radical (unpaired) electrons. The fraction of sp³-hybridized carbons (Fsp3) is 0.133. The van der Waals surface area contributed by atoms with Crippen LogP contribution < -0.4 is 31.0 Å². The summed E-state index contributed by atoms with van der Waals surface area (Å²) in [6, 6.07) is 41.1. The van der Waals surface area contributed by atoms with Gasteiger partial charge in [-0.25, -0.2) is 19.1 Å². The number of cyclic esters (lactones) is 1. The molecule has 0 N–H and O–H groups in total. The van der Waals surface area contributed by atoms with E-state index < -0.39 is 23.5 Å². The molecule has 1 saturated heterocycles. The molecular formula is C45H38N4O9. The van der Waals surface area contributed by atoms with Crippen molar-refractivity contribution in [1.29, 1.82) is 0 Å². The van der Waals surface area contributed by atoms with Gasteiger partial charge in [0.1, 0.15) is 18.0 Å². The minimum atomic E-state index is -0.652. The number of amides is 2. The first-order chi connectivity index (χ1) is 28.2. The van der Waals surface area contributed by atoms with Crippen LogP contribution in [-0.4, -0.2) is 48.2 Å². The van der Waals surface area contributed by atoms with Crippen LogP contribution in [0, 0.1) is 6.92 Å². The molecule has 0 unspecified atom stereocenters. The Kier molecular flexibility index (Phi) is 11.6. The number of methoxy groups -OCH3 is 2. The molecule has 0 bridgehead atoms. The standard InChI is InChI=1S/C31H26N2O4.C14H12N2O5/c1-36-28-18-14-23(15-19-28)20-21-32-30(34)29(37-31(32)35)22-24-12-16-27(17-13-24)33(25-8-4-2-5-9-25)26-10-6-3-7-11-26;1-8-3-4-9(10(5-8)19-2)6-11-13(18)16-7-12(17)21-15-14(16)20-11/h2-19,22H,20-21H2,1H3;3-6H,7H2,1-2H3/b29-22+;11-6+. The maximum Gasteiger partial charge on any atom is 0.422 e. The van der Waals surface area contributed by atoms with E-state index >= 15 is 0 Å². The van der Waals surface area contributed by atoms with Gasteiger partial charge in [-0.3, -0.25) is 9.59 Å². The van der Waals surface area contributed by atoms with E-state index in [9.17, 15) is 19.2 Å². The van der Waals surface area contributed by atoms with Crippen molar-refractivity contribution in [2.24, 2.45) is 5.16 Å². The summed E-state index contributed by atoms with van der Waals surface area (Å²) in [5.41, 5.74) is 6.12. The molecule has 6 aromatic rings. The molecule has 13 heteroatoms. The number of aromatic nitrogens is 1. The number of hydrogen-bond acceptors (Lipinski definition) is 11. The van der Waals surface area contributed by atoms with E-state index in [-0.39, 0.29) is 29.9 Å². The van der Waals surface area contributed by atoms with Crippen molar-refractivity contribution < 1.29 is 37.8 Å². The van der Waals surface area contributed by atoms with Gasteiger partial charge < -0.3 is 28.4 Å². The number of carbonyl (C=O) groups is 3. The molecule has 1 aromatic heterocycles. The summed E-state index contributed by atoms with van der Waals surface area (Å²) in [4.78, 5) is 56.3. The van der Waals surface area contributed by atoms with Gasteiger partial charge in [0.15, 0.2) is 11.2 Å². The largest absolute Gasteiger partial charge is 0.497 e. The van der Waals surface area contributed by atoms with Crippen LogP contribution in [0.5, 0.6) is 11.5 Å². The number of aryl methyl sites for hydroxylation is 1. The lowest BCUT2D eigenvalue weighted by Crippen LogP contribution is -2.37. The van der Waals surface area contributed by atoms with Crippen LogP contribution >= 0.6 is 0 Å². The maximum absolute atomic E-state index is 12.9. The first-order valence-electron chi connectivity index (χ1n) is 18.2. The highest BCUT2D eigenvalue weighted by Gasteiger charge is 2.36. The third-order valence-electron chi connectivity index (χ3n) is 9.21. The topological polar surface area (TPSA) is 142 Å². The second-order valence-electron chi connectivity index (χ2n) is 13.1. The van der Waals surface area contributed by atoms with Gasteiger partial charge in [0, 0.05) is 29.2 Å². The van der Waals surface area contributed by atoms with Crippen LogP contribution in [-0.2, 0) is 32.1 Å². The van der Waals surface area contributed by atoms with Crippen molar-refractivity contribution in [2.75, 3.05) is 25.7 Å². The van der Waals surface area contributed by atoms with Crippen molar-refractivity contribution in [1.82, 2.24) is 9.47 Å². The van der Waals surface area contributed by atoms with E-state index in [0.29, 0.717) is 17.7 Å². The number of anilines is 3. The highest BCUT2D eigenvalue weighted by atomic mass is 16.7. The van der Waals surface area contributed by atoms with Crippen molar-refractivity contribution in [3.05, 3.63) is 177 Å². The summed E-state index contributed by atoms with van der Waals surface area (Å²) < 4.78 is 22.2. The zero-order chi connectivity index (χ0) is 40.6. The molecule has 2 aliphatic rings. The summed E-state index contributed by atoms with van der Waals surface area (Å²) in [7, 11) is 3.16. The summed E-state index contributed by atoms with van der Waals surface area (Å²) in [6.45, 7) is 1.97. The van der Waals surface area contributed by atoms with E-state index in [0.717, 1.165) is 49.0 Å². The van der Waals surface area contributed by atoms with Crippen molar-refractivity contribution in [2.45, 2.75) is 19.9 Å². The molecule has 2 aliphatic heterocycles. The van der Waals surface area contributed by atoms with Crippen molar-refractivity contribution in [3.63, 3.8) is 0 Å². The summed E-state index contributed by atoms with van der Waals surface area (Å²) in [5.74, 6) is 0.364. The Morgan fingerprint density at radius 1 is 0.759 bits per heavy atom. The highest BCUT2D eigenvalue weighted by molar-refractivity contribution is 6.10. The first-order valence-corrected chi connectivity index (χ1v) is 18.2. The zero-order valence-corrected chi connectivity index (χ0v) is 31.9. The van der Waals surface area contributed by atoms with Gasteiger partial charge in [-0.1, -0.05) is 72.8 Å². The number of imide groups is 1. The number of rotatable bonds is 10. The first kappa shape index (κ1) is 38.6. The van der Waals surface area contributed by atoms with E-state index in [2.05, 4.69) is 39.2 Å². The number of carbonyl (C=O) groups excluding carboxylic acids is 3. The molecule has 8 rings (SSSR count). The predicted molar refractivity (Wildman–Crippen MR) is 215 cm³/mol. The van der Waals surface area contributed by atoms with Crippen LogP contribution in [0.4, 0.5) is 21.9 Å². The number of para-hydroxylation sites is 2. The quantitative estimate of drug-likeness (QED) is 0.113. The Balaban J connectivity index is 0.000000206. The summed E-state index contributed by atoms with van der Waals surface area (Å²) >= 11 is 0. The van der Waals surface area contributed by atoms with E-state index in [1.807, 2.05) is 110 Å². The molecule has 0 spiro atoms. The van der Waals surface area contributed by atoms with Crippen molar-refractivity contribution >= 4 is 47.2 Å². The normalized spacial score (nSPS) is 14.2. The fourth-order valence-electron chi connectivity index (χ4n) is 6.24. The van der Waals surface area contributed by atoms with Gasteiger partial charge in [-0.05, 0) is 102 Å². The molecule has 58 heavy (non-hydrogen) atoms. The van der Waals surface area contributed by atoms with Gasteiger partial charge in [-0.2, -0.15) is 0 Å². The third kappa shape index (κ3) is 8.74. The lowest BCUT2D eigenvalue weighted by molar-refractivity contribution is -0.147. The van der Waals surface area contributed by atoms with Gasteiger partial charge in [0.25, 0.3) is 11.5 Å². The molecule has 0 saturated carbocycles. The number of fused-ring (bicyclic) bond motifs is 1. The number of ether oxygens (including phenoxy) is 3. The van der Waals surface area contributed by atoms with Gasteiger partial charge in [0.05, 0.1) is 14.2 Å². The smallest absolute Gasteiger partial charge is 0.422 e. The highest BCUT2D eigenvalue weighted by Crippen LogP contribution is 2.34. The molecule has 3 heterocycles. The van der Waals surface area contributed by atoms with Crippen LogP contribution in [0.3, 0.4) is 0 Å². The second kappa shape index (κ2) is 17.4. The Hall–Kier alpha value is -7.67. The van der Waals surface area contributed by atoms with E-state index in [1.54, 1.807) is 26.4 Å². The van der Waals surface area contributed by atoms with Gasteiger partial charge in [0.2, 0.25) is 0 Å². The minimum absolute atomic E-state index is 0.0236. The fourth-order valence-corrected chi connectivity index (χ4v) is 6.24. The Bertz CT molecular complexity index is 2610. The summed E-state index contributed by atoms with van der Waals surface area (Å²) in [6.07, 6.45) is 3.03. The Morgan fingerprint density at radius 3 is 2.05 bits per heavy atom. The molecule has 2 amide bonds. The lowest BCUT2D eigenvalue weighted by atomic mass is 10.1. The molecule has 13 nitrogen and oxygen atoms in total. The van der Waals surface area contributed by atoms with Crippen molar-refractivity contribution in [3.8, 4) is 11.5 Å². The van der Waals surface area contributed by atoms with E-state index in [1.165, 1.54) is 0 Å². The van der Waals surface area contributed by atoms with Gasteiger partial charge >= 0.3 is 17.7 Å². The molecular weight excluding hydrogens is 741 g/mol. The van der Waals surface area contributed by atoms with Crippen LogP contribution in [0.1, 0.15) is 22.3 Å². The summed E-state index contributed by atoms with van der Waals surface area (Å²) in [5, 5.41) is 3.45. The van der Waals surface area contributed by atoms with Crippen LogP contribution in [0.25, 0.3) is 12.2 Å². The number of hydrogen-bond donors (Lipinski definition) is 0. The maximum atomic E-state index is 12.9. The number of benzene rings is 5. The average molecular weight is 779 g/mol.